The lowest BCUT2D eigenvalue weighted by molar-refractivity contribution is -0.116. The van der Waals surface area contributed by atoms with Crippen molar-refractivity contribution in [2.45, 2.75) is 13.3 Å². The second-order valence-corrected chi connectivity index (χ2v) is 5.34. The van der Waals surface area contributed by atoms with Gasteiger partial charge in [-0.2, -0.15) is 0 Å². The Labute approximate surface area is 134 Å². The van der Waals surface area contributed by atoms with Crippen molar-refractivity contribution >= 4 is 33.5 Å². The molecular formula is C15H21BrN4O. The van der Waals surface area contributed by atoms with Crippen LogP contribution in [-0.4, -0.2) is 32.0 Å². The number of carbonyl (C=O) groups excluding carboxylic acids is 1. The third-order valence-corrected chi connectivity index (χ3v) is 3.25. The number of benzene rings is 1. The molecule has 1 aromatic carbocycles. The summed E-state index contributed by atoms with van der Waals surface area (Å²) < 4.78 is 0.940. The van der Waals surface area contributed by atoms with Crippen LogP contribution in [0.5, 0.6) is 0 Å². The molecule has 5 nitrogen and oxygen atoms in total. The van der Waals surface area contributed by atoms with Crippen LogP contribution in [0.4, 0.5) is 5.69 Å². The number of nitrogens with zero attached hydrogens (tertiary/aromatic N) is 1. The van der Waals surface area contributed by atoms with Crippen molar-refractivity contribution < 1.29 is 4.79 Å². The van der Waals surface area contributed by atoms with Gasteiger partial charge in [0, 0.05) is 36.7 Å². The predicted molar refractivity (Wildman–Crippen MR) is 91.7 cm³/mol. The molecule has 3 N–H and O–H groups in total. The topological polar surface area (TPSA) is 65.5 Å². The van der Waals surface area contributed by atoms with Crippen molar-refractivity contribution in [2.75, 3.05) is 25.5 Å². The van der Waals surface area contributed by atoms with Crippen LogP contribution in [0.25, 0.3) is 0 Å². The highest BCUT2D eigenvalue weighted by molar-refractivity contribution is 9.10. The number of carbonyl (C=O) groups is 1. The lowest BCUT2D eigenvalue weighted by Gasteiger charge is -2.11. The second kappa shape index (κ2) is 9.18. The zero-order valence-corrected chi connectivity index (χ0v) is 14.0. The fourth-order valence-electron chi connectivity index (χ4n) is 1.63. The number of hydrogen-bond acceptors (Lipinski definition) is 2. The first kappa shape index (κ1) is 17.2. The molecule has 0 spiro atoms. The summed E-state index contributed by atoms with van der Waals surface area (Å²) >= 11 is 3.40. The van der Waals surface area contributed by atoms with Gasteiger partial charge in [-0.1, -0.05) is 28.1 Å². The van der Waals surface area contributed by atoms with Gasteiger partial charge in [0.25, 0.3) is 0 Å². The standard InChI is InChI=1S/C15H21BrN4O/c1-4-8-18-15(17-3)19-9-7-14(21)20-13-10-12(16)6-5-11(13)2/h4-6,10H,1,7-9H2,2-3H3,(H,20,21)(H2,17,18,19). The SMILES string of the molecule is C=CCNC(=NC)NCCC(=O)Nc1cc(Br)ccc1C. The van der Waals surface area contributed by atoms with Crippen molar-refractivity contribution in [3.05, 3.63) is 40.9 Å². The largest absolute Gasteiger partial charge is 0.356 e. The highest BCUT2D eigenvalue weighted by Gasteiger charge is 2.05. The van der Waals surface area contributed by atoms with Gasteiger partial charge < -0.3 is 16.0 Å². The fraction of sp³-hybridized carbons (Fsp3) is 0.333. The Hall–Kier alpha value is -1.82. The van der Waals surface area contributed by atoms with E-state index >= 15 is 0 Å². The normalized spacial score (nSPS) is 10.9. The van der Waals surface area contributed by atoms with Gasteiger partial charge >= 0.3 is 0 Å². The molecule has 0 unspecified atom stereocenters. The van der Waals surface area contributed by atoms with E-state index in [0.29, 0.717) is 25.5 Å². The maximum atomic E-state index is 11.9. The van der Waals surface area contributed by atoms with E-state index in [4.69, 9.17) is 0 Å². The van der Waals surface area contributed by atoms with Crippen molar-refractivity contribution in [2.24, 2.45) is 4.99 Å². The molecule has 0 aromatic heterocycles. The van der Waals surface area contributed by atoms with Gasteiger partial charge in [0.15, 0.2) is 5.96 Å². The maximum absolute atomic E-state index is 11.9. The summed E-state index contributed by atoms with van der Waals surface area (Å²) in [5, 5.41) is 9.01. The van der Waals surface area contributed by atoms with Gasteiger partial charge in [-0.25, -0.2) is 0 Å². The first-order valence-corrected chi connectivity index (χ1v) is 7.47. The summed E-state index contributed by atoms with van der Waals surface area (Å²) in [6.45, 7) is 6.72. The molecular weight excluding hydrogens is 332 g/mol. The molecule has 0 saturated heterocycles. The molecule has 1 aromatic rings. The molecule has 1 amide bonds. The molecule has 0 aliphatic rings. The smallest absolute Gasteiger partial charge is 0.226 e. The number of guanidine groups is 1. The molecule has 21 heavy (non-hydrogen) atoms. The van der Waals surface area contributed by atoms with Gasteiger partial charge in [-0.15, -0.1) is 6.58 Å². The molecule has 114 valence electrons. The molecule has 6 heteroatoms. The van der Waals surface area contributed by atoms with E-state index in [1.165, 1.54) is 0 Å². The molecule has 0 fully saturated rings. The number of aliphatic imine (C=N–C) groups is 1. The van der Waals surface area contributed by atoms with E-state index in [2.05, 4.69) is 43.5 Å². The van der Waals surface area contributed by atoms with E-state index in [9.17, 15) is 4.79 Å². The van der Waals surface area contributed by atoms with Crippen molar-refractivity contribution in [3.63, 3.8) is 0 Å². The summed E-state index contributed by atoms with van der Waals surface area (Å²) in [6, 6.07) is 5.80. The first-order valence-electron chi connectivity index (χ1n) is 6.68. The van der Waals surface area contributed by atoms with Gasteiger partial charge in [0.2, 0.25) is 5.91 Å². The minimum atomic E-state index is -0.0390. The average Bonchev–Trinajstić information content (AvgIpc) is 2.46. The Balaban J connectivity index is 2.40. The Kier molecular flexibility index (Phi) is 7.53. The molecule has 0 bridgehead atoms. The zero-order chi connectivity index (χ0) is 15.7. The van der Waals surface area contributed by atoms with E-state index in [-0.39, 0.29) is 5.91 Å². The lowest BCUT2D eigenvalue weighted by atomic mass is 10.2. The lowest BCUT2D eigenvalue weighted by Crippen LogP contribution is -2.38. The van der Waals surface area contributed by atoms with Crippen LogP contribution >= 0.6 is 15.9 Å². The van der Waals surface area contributed by atoms with E-state index < -0.39 is 0 Å². The van der Waals surface area contributed by atoms with E-state index in [0.717, 1.165) is 15.7 Å². The number of halogens is 1. The Morgan fingerprint density at radius 2 is 2.19 bits per heavy atom. The van der Waals surface area contributed by atoms with Gasteiger partial charge in [-0.3, -0.25) is 9.79 Å². The third kappa shape index (κ3) is 6.44. The minimum Gasteiger partial charge on any atom is -0.356 e. The summed E-state index contributed by atoms with van der Waals surface area (Å²) in [5.41, 5.74) is 1.85. The first-order chi connectivity index (χ1) is 10.1. The van der Waals surface area contributed by atoms with Crippen LogP contribution in [0.15, 0.2) is 40.3 Å². The van der Waals surface area contributed by atoms with Crippen LogP contribution in [-0.2, 0) is 4.79 Å². The predicted octanol–water partition coefficient (Wildman–Crippen LogP) is 2.44. The Morgan fingerprint density at radius 3 is 2.86 bits per heavy atom. The summed E-state index contributed by atoms with van der Waals surface area (Å²) in [7, 11) is 1.68. The fourth-order valence-corrected chi connectivity index (χ4v) is 1.99. The molecule has 0 aliphatic heterocycles. The number of anilines is 1. The third-order valence-electron chi connectivity index (χ3n) is 2.76. The number of nitrogens with one attached hydrogen (secondary N) is 3. The van der Waals surface area contributed by atoms with Crippen LogP contribution < -0.4 is 16.0 Å². The maximum Gasteiger partial charge on any atom is 0.226 e. The summed E-state index contributed by atoms with van der Waals surface area (Å²) in [5.74, 6) is 0.615. The quantitative estimate of drug-likeness (QED) is 0.418. The summed E-state index contributed by atoms with van der Waals surface area (Å²) in [6.07, 6.45) is 2.11. The van der Waals surface area contributed by atoms with Crippen molar-refractivity contribution in [1.82, 2.24) is 10.6 Å². The molecule has 0 atom stereocenters. The number of amides is 1. The monoisotopic (exact) mass is 352 g/mol. The van der Waals surface area contributed by atoms with Crippen LogP contribution in [0, 0.1) is 6.92 Å². The minimum absolute atomic E-state index is 0.0390. The number of aryl methyl sites for hydroxylation is 1. The van der Waals surface area contributed by atoms with Crippen LogP contribution in [0.3, 0.4) is 0 Å². The molecule has 0 heterocycles. The average molecular weight is 353 g/mol. The van der Waals surface area contributed by atoms with Crippen molar-refractivity contribution in [1.29, 1.82) is 0 Å². The van der Waals surface area contributed by atoms with Crippen LogP contribution in [0.1, 0.15) is 12.0 Å². The molecule has 1 rings (SSSR count). The Bertz CT molecular complexity index is 528. The highest BCUT2D eigenvalue weighted by Crippen LogP contribution is 2.20. The second-order valence-electron chi connectivity index (χ2n) is 4.43. The zero-order valence-electron chi connectivity index (χ0n) is 12.4. The Morgan fingerprint density at radius 1 is 1.43 bits per heavy atom. The number of rotatable bonds is 6. The molecule has 0 saturated carbocycles. The summed E-state index contributed by atoms with van der Waals surface area (Å²) in [4.78, 5) is 16.0. The van der Waals surface area contributed by atoms with E-state index in [1.54, 1.807) is 13.1 Å². The number of hydrogen-bond donors (Lipinski definition) is 3. The molecule has 0 aliphatic carbocycles. The van der Waals surface area contributed by atoms with Gasteiger partial charge in [0.1, 0.15) is 0 Å². The van der Waals surface area contributed by atoms with Crippen LogP contribution in [0.2, 0.25) is 0 Å². The highest BCUT2D eigenvalue weighted by atomic mass is 79.9. The molecule has 0 radical (unpaired) electrons. The van der Waals surface area contributed by atoms with E-state index in [1.807, 2.05) is 25.1 Å². The van der Waals surface area contributed by atoms with Gasteiger partial charge in [-0.05, 0) is 24.6 Å². The van der Waals surface area contributed by atoms with Crippen molar-refractivity contribution in [3.8, 4) is 0 Å². The van der Waals surface area contributed by atoms with Gasteiger partial charge in [0.05, 0.1) is 0 Å².